The Labute approximate surface area is 87.0 Å². The van der Waals surface area contributed by atoms with Gasteiger partial charge in [0.25, 0.3) is 0 Å². The van der Waals surface area contributed by atoms with Crippen LogP contribution in [0.2, 0.25) is 0 Å². The van der Waals surface area contributed by atoms with Crippen molar-refractivity contribution in [2.45, 2.75) is 6.04 Å². The number of nitrogens with zero attached hydrogens (tertiary/aromatic N) is 1. The van der Waals surface area contributed by atoms with Crippen LogP contribution in [-0.4, -0.2) is 18.0 Å². The Kier molecular flexibility index (Phi) is 8.12. The van der Waals surface area contributed by atoms with Crippen LogP contribution >= 0.6 is 0 Å². The maximum atomic E-state index is 10.9. The molecule has 0 spiro atoms. The van der Waals surface area contributed by atoms with Crippen molar-refractivity contribution in [3.63, 3.8) is 0 Å². The molecule has 1 radical (unpaired) electrons. The largest absolute Gasteiger partial charge is 0.433 e. The predicted molar refractivity (Wildman–Crippen MR) is 46.1 cm³/mol. The number of hydrogen-bond acceptors (Lipinski definition) is 3. The van der Waals surface area contributed by atoms with Crippen molar-refractivity contribution in [1.29, 1.82) is 0 Å². The van der Waals surface area contributed by atoms with Crippen LogP contribution in [-0.2, 0) is 26.6 Å². The second-order valence-corrected chi connectivity index (χ2v) is 1.84. The molecule has 0 saturated heterocycles. The average Bonchev–Trinajstić information content (AvgIpc) is 2.00. The Morgan fingerprint density at radius 3 is 2.31 bits per heavy atom. The van der Waals surface area contributed by atoms with Crippen LogP contribution in [0.4, 0.5) is 0 Å². The molecule has 1 unspecified atom stereocenters. The Hall–Kier alpha value is -1.26. The number of guanidine groups is 1. The third kappa shape index (κ3) is 5.95. The number of esters is 1. The zero-order valence-electron chi connectivity index (χ0n) is 6.87. The molecule has 13 heavy (non-hydrogen) atoms. The summed E-state index contributed by atoms with van der Waals surface area (Å²) in [7, 11) is 0. The van der Waals surface area contributed by atoms with Gasteiger partial charge in [-0.15, -0.1) is 6.58 Å². The molecule has 0 aliphatic rings. The van der Waals surface area contributed by atoms with Crippen molar-refractivity contribution in [3.8, 4) is 0 Å². The van der Waals surface area contributed by atoms with Gasteiger partial charge in [0.2, 0.25) is 0 Å². The quantitative estimate of drug-likeness (QED) is 0.171. The van der Waals surface area contributed by atoms with Gasteiger partial charge in [0, 0.05) is 17.1 Å². The summed E-state index contributed by atoms with van der Waals surface area (Å²) in [6, 6.07) is -0.868. The molecule has 0 aromatic rings. The summed E-state index contributed by atoms with van der Waals surface area (Å²) < 4.78 is 4.43. The van der Waals surface area contributed by atoms with Gasteiger partial charge >= 0.3 is 5.97 Å². The minimum atomic E-state index is -0.868. The molecule has 0 aliphatic heterocycles. The van der Waals surface area contributed by atoms with Crippen molar-refractivity contribution in [2.24, 2.45) is 16.5 Å². The number of carbonyl (C=O) groups excluding carboxylic acids is 1. The maximum absolute atomic E-state index is 10.9. The van der Waals surface area contributed by atoms with Gasteiger partial charge in [-0.25, -0.2) is 9.79 Å². The first-order valence-corrected chi connectivity index (χ1v) is 3.14. The number of nitrogens with two attached hydrogens (primary N) is 2. The van der Waals surface area contributed by atoms with E-state index in [1.165, 1.54) is 6.08 Å². The summed E-state index contributed by atoms with van der Waals surface area (Å²) in [5.41, 5.74) is 10.1. The monoisotopic (exact) mass is 232 g/mol. The van der Waals surface area contributed by atoms with Crippen LogP contribution in [0.3, 0.4) is 0 Å². The van der Waals surface area contributed by atoms with E-state index >= 15 is 0 Å². The van der Waals surface area contributed by atoms with E-state index in [-0.39, 0.29) is 23.0 Å². The zero-order chi connectivity index (χ0) is 9.56. The average molecular weight is 233 g/mol. The number of hydrogen-bond donors (Lipinski definition) is 2. The van der Waals surface area contributed by atoms with E-state index in [2.05, 4.69) is 22.9 Å². The maximum Gasteiger partial charge on any atom is 0.339 e. The van der Waals surface area contributed by atoms with Gasteiger partial charge in [0.1, 0.15) is 0 Å². The van der Waals surface area contributed by atoms with E-state index in [0.29, 0.717) is 0 Å². The van der Waals surface area contributed by atoms with Gasteiger partial charge in [0.05, 0.1) is 6.26 Å². The fraction of sp³-hybridized carbons (Fsp3) is 0.143. The molecule has 0 heterocycles. The van der Waals surface area contributed by atoms with Crippen molar-refractivity contribution < 1.29 is 26.6 Å². The van der Waals surface area contributed by atoms with Gasteiger partial charge in [-0.2, -0.15) is 0 Å². The van der Waals surface area contributed by atoms with E-state index in [9.17, 15) is 4.79 Å². The summed E-state index contributed by atoms with van der Waals surface area (Å²) in [5, 5.41) is 0. The fourth-order valence-electron chi connectivity index (χ4n) is 0.514. The summed E-state index contributed by atoms with van der Waals surface area (Å²) in [6.45, 7) is 6.57. The van der Waals surface area contributed by atoms with Crippen molar-refractivity contribution >= 4 is 11.9 Å². The number of aliphatic imine (C=N–C) groups is 1. The van der Waals surface area contributed by atoms with E-state index in [1.54, 1.807) is 0 Å². The number of ether oxygens (including phenoxy) is 1. The minimum Gasteiger partial charge on any atom is -0.433 e. The molecule has 0 amide bonds. The summed E-state index contributed by atoms with van der Waals surface area (Å²) >= 11 is 0. The van der Waals surface area contributed by atoms with Crippen molar-refractivity contribution in [3.05, 3.63) is 25.5 Å². The third-order valence-electron chi connectivity index (χ3n) is 0.952. The van der Waals surface area contributed by atoms with Gasteiger partial charge in [-0.3, -0.25) is 0 Å². The normalized spacial score (nSPS) is 10.2. The third-order valence-corrected chi connectivity index (χ3v) is 0.952. The van der Waals surface area contributed by atoms with Crippen LogP contribution in [0.5, 0.6) is 0 Å². The van der Waals surface area contributed by atoms with Crippen LogP contribution in [0.1, 0.15) is 0 Å². The Bertz CT molecular complexity index is 224. The van der Waals surface area contributed by atoms with Crippen molar-refractivity contribution in [2.75, 3.05) is 0 Å². The molecule has 77 valence electrons. The Morgan fingerprint density at radius 2 is 2.00 bits per heavy atom. The molecule has 4 N–H and O–H groups in total. The Balaban J connectivity index is 0. The first-order valence-electron chi connectivity index (χ1n) is 3.14. The molecule has 0 aromatic carbocycles. The van der Waals surface area contributed by atoms with Crippen LogP contribution in [0.15, 0.2) is 30.5 Å². The molecule has 0 aromatic heterocycles. The van der Waals surface area contributed by atoms with E-state index in [1.807, 2.05) is 0 Å². The topological polar surface area (TPSA) is 90.7 Å². The van der Waals surface area contributed by atoms with Crippen LogP contribution in [0, 0.1) is 0 Å². The molecule has 5 nitrogen and oxygen atoms in total. The second kappa shape index (κ2) is 7.39. The summed E-state index contributed by atoms with van der Waals surface area (Å²) in [5.74, 6) is -0.811. The molecule has 0 fully saturated rings. The van der Waals surface area contributed by atoms with Crippen molar-refractivity contribution in [1.82, 2.24) is 0 Å². The summed E-state index contributed by atoms with van der Waals surface area (Å²) in [6.07, 6.45) is 2.27. The molecular formula is C7H11CuN3O2. The molecule has 0 rings (SSSR count). The second-order valence-electron chi connectivity index (χ2n) is 1.84. The van der Waals surface area contributed by atoms with E-state index < -0.39 is 12.0 Å². The predicted octanol–water partition coefficient (Wildman–Crippen LogP) is -0.501. The van der Waals surface area contributed by atoms with Gasteiger partial charge in [-0.05, 0) is 0 Å². The van der Waals surface area contributed by atoms with Crippen LogP contribution in [0.25, 0.3) is 0 Å². The van der Waals surface area contributed by atoms with E-state index in [0.717, 1.165) is 6.26 Å². The van der Waals surface area contributed by atoms with Crippen LogP contribution < -0.4 is 11.5 Å². The van der Waals surface area contributed by atoms with Gasteiger partial charge < -0.3 is 16.2 Å². The van der Waals surface area contributed by atoms with Gasteiger partial charge in [0.15, 0.2) is 12.0 Å². The van der Waals surface area contributed by atoms with E-state index in [4.69, 9.17) is 11.5 Å². The standard InChI is InChI=1S/C7H11N3O2.Cu/c1-3-5(10-7(8)9)6(11)12-4-2;/h3-5H,1-2H2,(H4,8,9,10);. The first-order chi connectivity index (χ1) is 5.61. The summed E-state index contributed by atoms with van der Waals surface area (Å²) in [4.78, 5) is 14.5. The molecule has 0 bridgehead atoms. The smallest absolute Gasteiger partial charge is 0.339 e. The minimum absolute atomic E-state index is 0. The molecule has 0 saturated carbocycles. The zero-order valence-corrected chi connectivity index (χ0v) is 7.81. The molecule has 1 atom stereocenters. The van der Waals surface area contributed by atoms with Gasteiger partial charge in [-0.1, -0.05) is 12.7 Å². The Morgan fingerprint density at radius 1 is 1.46 bits per heavy atom. The molecular weight excluding hydrogens is 222 g/mol. The molecule has 6 heteroatoms. The first kappa shape index (κ1) is 14.3. The number of rotatable bonds is 4. The fourth-order valence-corrected chi connectivity index (χ4v) is 0.514. The molecule has 0 aliphatic carbocycles. The SMILES string of the molecule is C=COC(=O)C(C=C)N=C(N)N.[Cu]. The number of carbonyl (C=O) groups is 1.